The number of likely N-dealkylation sites (N-methyl/N-ethyl adjacent to an activating group) is 1. The minimum absolute atomic E-state index is 0.247. The molecule has 0 aliphatic rings. The Kier molecular flexibility index (Phi) is 9.57. The number of hydrogen-bond donors (Lipinski definition) is 2. The summed E-state index contributed by atoms with van der Waals surface area (Å²) in [5.41, 5.74) is 0. The van der Waals surface area contributed by atoms with Crippen molar-refractivity contribution in [1.82, 2.24) is 5.32 Å². The molecule has 74 valence electrons. The van der Waals surface area contributed by atoms with Crippen LogP contribution in [0.15, 0.2) is 0 Å². The zero-order valence-electron chi connectivity index (χ0n) is 8.18. The van der Waals surface area contributed by atoms with Crippen LogP contribution < -0.4 is 5.32 Å². The van der Waals surface area contributed by atoms with Gasteiger partial charge in [-0.1, -0.05) is 19.8 Å². The quantitative estimate of drug-likeness (QED) is 0.570. The van der Waals surface area contributed by atoms with Crippen molar-refractivity contribution in [3.8, 4) is 0 Å². The summed E-state index contributed by atoms with van der Waals surface area (Å²) in [5.74, 6) is 2.25. The van der Waals surface area contributed by atoms with Crippen LogP contribution in [0, 0.1) is 0 Å². The molecular weight excluding hydrogens is 170 g/mol. The SMILES string of the molecule is CCCCCSCC(CO)NC. The standard InChI is InChI=1S/C9H21NOS/c1-3-4-5-6-12-8-9(7-11)10-2/h9-11H,3-8H2,1-2H3. The number of hydrogen-bond acceptors (Lipinski definition) is 3. The van der Waals surface area contributed by atoms with E-state index in [2.05, 4.69) is 12.2 Å². The molecule has 0 heterocycles. The van der Waals surface area contributed by atoms with Gasteiger partial charge in [-0.05, 0) is 19.2 Å². The fraction of sp³-hybridized carbons (Fsp3) is 1.00. The minimum atomic E-state index is 0.247. The summed E-state index contributed by atoms with van der Waals surface area (Å²) in [7, 11) is 1.90. The molecule has 1 unspecified atom stereocenters. The van der Waals surface area contributed by atoms with E-state index < -0.39 is 0 Å². The Morgan fingerprint density at radius 2 is 2.17 bits per heavy atom. The third-order valence-corrected chi connectivity index (χ3v) is 3.06. The Hall–Kier alpha value is 0.270. The number of thioether (sulfide) groups is 1. The highest BCUT2D eigenvalue weighted by Gasteiger charge is 2.02. The van der Waals surface area contributed by atoms with Gasteiger partial charge >= 0.3 is 0 Å². The van der Waals surface area contributed by atoms with E-state index in [1.54, 1.807) is 0 Å². The van der Waals surface area contributed by atoms with E-state index in [0.29, 0.717) is 0 Å². The normalized spacial score (nSPS) is 13.2. The second-order valence-corrected chi connectivity index (χ2v) is 4.10. The van der Waals surface area contributed by atoms with Crippen LogP contribution in [0.3, 0.4) is 0 Å². The molecule has 0 rings (SSSR count). The van der Waals surface area contributed by atoms with E-state index in [4.69, 9.17) is 5.11 Å². The van der Waals surface area contributed by atoms with Gasteiger partial charge in [0.05, 0.1) is 6.61 Å². The summed E-state index contributed by atoms with van der Waals surface area (Å²) < 4.78 is 0. The average molecular weight is 191 g/mol. The highest BCUT2D eigenvalue weighted by molar-refractivity contribution is 7.99. The number of aliphatic hydroxyl groups excluding tert-OH is 1. The molecule has 0 fully saturated rings. The summed E-state index contributed by atoms with van der Waals surface area (Å²) in [5, 5.41) is 11.9. The molecule has 0 spiro atoms. The van der Waals surface area contributed by atoms with Crippen LogP contribution in [0.5, 0.6) is 0 Å². The van der Waals surface area contributed by atoms with Crippen molar-refractivity contribution < 1.29 is 5.11 Å². The number of rotatable bonds is 8. The number of aliphatic hydroxyl groups is 1. The summed E-state index contributed by atoms with van der Waals surface area (Å²) in [6.45, 7) is 2.46. The van der Waals surface area contributed by atoms with E-state index in [-0.39, 0.29) is 12.6 Å². The highest BCUT2D eigenvalue weighted by atomic mass is 32.2. The first-order valence-corrected chi connectivity index (χ1v) is 5.86. The molecule has 3 heteroatoms. The van der Waals surface area contributed by atoms with Crippen LogP contribution in [0.25, 0.3) is 0 Å². The third kappa shape index (κ3) is 6.95. The molecule has 2 N–H and O–H groups in total. The number of unbranched alkanes of at least 4 members (excludes halogenated alkanes) is 2. The van der Waals surface area contributed by atoms with Crippen LogP contribution >= 0.6 is 11.8 Å². The van der Waals surface area contributed by atoms with Crippen molar-refractivity contribution in [2.24, 2.45) is 0 Å². The molecule has 0 bridgehead atoms. The van der Waals surface area contributed by atoms with Gasteiger partial charge in [0, 0.05) is 11.8 Å². The Balaban J connectivity index is 3.06. The number of nitrogens with one attached hydrogen (secondary N) is 1. The lowest BCUT2D eigenvalue weighted by atomic mass is 10.3. The second-order valence-electron chi connectivity index (χ2n) is 2.95. The molecule has 0 saturated heterocycles. The van der Waals surface area contributed by atoms with Crippen molar-refractivity contribution in [3.63, 3.8) is 0 Å². The molecular formula is C9H21NOS. The molecule has 0 aliphatic carbocycles. The van der Waals surface area contributed by atoms with Gasteiger partial charge < -0.3 is 10.4 Å². The largest absolute Gasteiger partial charge is 0.395 e. The Labute approximate surface area is 80.1 Å². The van der Waals surface area contributed by atoms with Crippen LogP contribution in [0.1, 0.15) is 26.2 Å². The molecule has 0 aromatic rings. The van der Waals surface area contributed by atoms with Gasteiger partial charge in [0.1, 0.15) is 0 Å². The van der Waals surface area contributed by atoms with E-state index >= 15 is 0 Å². The molecule has 2 nitrogen and oxygen atoms in total. The van der Waals surface area contributed by atoms with E-state index in [0.717, 1.165) is 5.75 Å². The Morgan fingerprint density at radius 1 is 1.42 bits per heavy atom. The van der Waals surface area contributed by atoms with Gasteiger partial charge in [-0.15, -0.1) is 0 Å². The highest BCUT2D eigenvalue weighted by Crippen LogP contribution is 2.07. The smallest absolute Gasteiger partial charge is 0.0592 e. The first-order valence-electron chi connectivity index (χ1n) is 4.71. The van der Waals surface area contributed by atoms with Crippen molar-refractivity contribution in [3.05, 3.63) is 0 Å². The third-order valence-electron chi connectivity index (χ3n) is 1.84. The summed E-state index contributed by atoms with van der Waals surface area (Å²) in [6, 6.07) is 0.275. The van der Waals surface area contributed by atoms with Gasteiger partial charge in [0.2, 0.25) is 0 Å². The van der Waals surface area contributed by atoms with E-state index in [1.165, 1.54) is 25.0 Å². The van der Waals surface area contributed by atoms with Gasteiger partial charge in [0.25, 0.3) is 0 Å². The first-order chi connectivity index (χ1) is 5.85. The maximum Gasteiger partial charge on any atom is 0.0592 e. The van der Waals surface area contributed by atoms with E-state index in [1.807, 2.05) is 18.8 Å². The van der Waals surface area contributed by atoms with Gasteiger partial charge in [-0.3, -0.25) is 0 Å². The minimum Gasteiger partial charge on any atom is -0.395 e. The van der Waals surface area contributed by atoms with Crippen molar-refractivity contribution >= 4 is 11.8 Å². The summed E-state index contributed by atoms with van der Waals surface area (Å²) >= 11 is 1.93. The lowest BCUT2D eigenvalue weighted by Crippen LogP contribution is -2.31. The molecule has 1 atom stereocenters. The van der Waals surface area contributed by atoms with Crippen LogP contribution in [-0.4, -0.2) is 36.3 Å². The predicted molar refractivity (Wildman–Crippen MR) is 56.8 cm³/mol. The zero-order valence-corrected chi connectivity index (χ0v) is 8.99. The molecule has 0 aromatic heterocycles. The first kappa shape index (κ1) is 12.3. The molecule has 0 saturated carbocycles. The van der Waals surface area contributed by atoms with E-state index in [9.17, 15) is 0 Å². The monoisotopic (exact) mass is 191 g/mol. The maximum absolute atomic E-state index is 8.85. The topological polar surface area (TPSA) is 32.3 Å². The lowest BCUT2D eigenvalue weighted by Gasteiger charge is -2.11. The maximum atomic E-state index is 8.85. The molecule has 0 aliphatic heterocycles. The summed E-state index contributed by atoms with van der Waals surface area (Å²) in [6.07, 6.45) is 3.93. The van der Waals surface area contributed by atoms with Crippen LogP contribution in [-0.2, 0) is 0 Å². The average Bonchev–Trinajstić information content (AvgIpc) is 2.11. The molecule has 12 heavy (non-hydrogen) atoms. The van der Waals surface area contributed by atoms with Crippen LogP contribution in [0.2, 0.25) is 0 Å². The fourth-order valence-electron chi connectivity index (χ4n) is 0.907. The van der Waals surface area contributed by atoms with Crippen molar-refractivity contribution in [2.75, 3.05) is 25.2 Å². The van der Waals surface area contributed by atoms with Crippen molar-refractivity contribution in [2.45, 2.75) is 32.2 Å². The van der Waals surface area contributed by atoms with Gasteiger partial charge in [0.15, 0.2) is 0 Å². The predicted octanol–water partition coefficient (Wildman–Crippen LogP) is 1.49. The molecule has 0 radical (unpaired) electrons. The van der Waals surface area contributed by atoms with Gasteiger partial charge in [-0.25, -0.2) is 0 Å². The fourth-order valence-corrected chi connectivity index (χ4v) is 2.04. The Bertz CT molecular complexity index is 86.6. The molecule has 0 aromatic carbocycles. The second kappa shape index (κ2) is 9.36. The molecule has 0 amide bonds. The van der Waals surface area contributed by atoms with Crippen LogP contribution in [0.4, 0.5) is 0 Å². The summed E-state index contributed by atoms with van der Waals surface area (Å²) in [4.78, 5) is 0. The zero-order chi connectivity index (χ0) is 9.23. The van der Waals surface area contributed by atoms with Gasteiger partial charge in [-0.2, -0.15) is 11.8 Å². The Morgan fingerprint density at radius 3 is 2.67 bits per heavy atom. The lowest BCUT2D eigenvalue weighted by molar-refractivity contribution is 0.260. The van der Waals surface area contributed by atoms with Crippen molar-refractivity contribution in [1.29, 1.82) is 0 Å².